The lowest BCUT2D eigenvalue weighted by molar-refractivity contribution is -0.385. The molecule has 5 rings (SSSR count). The molecule has 0 unspecified atom stereocenters. The average molecular weight is 559 g/mol. The van der Waals surface area contributed by atoms with Crippen molar-refractivity contribution in [2.45, 2.75) is 5.92 Å². The van der Waals surface area contributed by atoms with Gasteiger partial charge in [0.2, 0.25) is 0 Å². The quantitative estimate of drug-likeness (QED) is 0.153. The van der Waals surface area contributed by atoms with Crippen LogP contribution >= 0.6 is 0 Å². The normalized spacial score (nSPS) is 11.3. The van der Waals surface area contributed by atoms with Crippen molar-refractivity contribution < 1.29 is 28.9 Å². The summed E-state index contributed by atoms with van der Waals surface area (Å²) in [6, 6.07) is 24.2. The Balaban J connectivity index is 0.000000271. The fourth-order valence-electron chi connectivity index (χ4n) is 4.45. The average Bonchev–Trinajstić information content (AvgIpc) is 3.30. The molecule has 3 N–H and O–H groups in total. The van der Waals surface area contributed by atoms with Crippen LogP contribution in [-0.2, 0) is 4.74 Å². The van der Waals surface area contributed by atoms with Gasteiger partial charge in [-0.25, -0.2) is 4.79 Å². The van der Waals surface area contributed by atoms with Gasteiger partial charge >= 0.3 is 6.09 Å². The number of amides is 1. The first-order valence-corrected chi connectivity index (χ1v) is 12.3. The first kappa shape index (κ1) is 28.4. The number of fused-ring (bicyclic) bond motifs is 3. The lowest BCUT2D eigenvalue weighted by atomic mass is 9.98. The number of hydrogen-bond acceptors (Lipinski definition) is 9. The number of carbonyl (C=O) groups excluding carboxylic acids is 1. The van der Waals surface area contributed by atoms with Gasteiger partial charge in [0.25, 0.3) is 11.4 Å². The Hall–Kier alpha value is -5.65. The van der Waals surface area contributed by atoms with Crippen molar-refractivity contribution in [3.8, 4) is 22.6 Å². The SMILES string of the molecule is COc1cc([N+](=O)[O-])ccc1N.COc1cc([N+](=O)[O-])ccc1NC(=O)OCC1c2ccccc2-c2ccccc21. The molecule has 0 saturated heterocycles. The van der Waals surface area contributed by atoms with E-state index in [0.29, 0.717) is 17.1 Å². The Morgan fingerprint density at radius 1 is 0.805 bits per heavy atom. The fraction of sp³-hybridized carbons (Fsp3) is 0.138. The predicted molar refractivity (Wildman–Crippen MR) is 152 cm³/mol. The second-order valence-electron chi connectivity index (χ2n) is 8.78. The van der Waals surface area contributed by atoms with Gasteiger partial charge in [-0.1, -0.05) is 48.5 Å². The van der Waals surface area contributed by atoms with Crippen molar-refractivity contribution in [1.29, 1.82) is 0 Å². The third-order valence-corrected chi connectivity index (χ3v) is 6.40. The molecule has 41 heavy (non-hydrogen) atoms. The van der Waals surface area contributed by atoms with Gasteiger partial charge in [-0.2, -0.15) is 0 Å². The zero-order valence-electron chi connectivity index (χ0n) is 22.1. The topological polar surface area (TPSA) is 169 Å². The first-order valence-electron chi connectivity index (χ1n) is 12.3. The number of nitrogens with one attached hydrogen (secondary N) is 1. The molecule has 0 aliphatic heterocycles. The number of nitro groups is 2. The maximum atomic E-state index is 12.4. The molecule has 0 saturated carbocycles. The Morgan fingerprint density at radius 3 is 1.85 bits per heavy atom. The molecular weight excluding hydrogens is 532 g/mol. The zero-order chi connectivity index (χ0) is 29.5. The third kappa shape index (κ3) is 6.33. The summed E-state index contributed by atoms with van der Waals surface area (Å²) in [5.41, 5.74) is 10.5. The fourth-order valence-corrected chi connectivity index (χ4v) is 4.45. The van der Waals surface area contributed by atoms with Crippen molar-refractivity contribution >= 4 is 28.8 Å². The van der Waals surface area contributed by atoms with Crippen LogP contribution in [0.5, 0.6) is 11.5 Å². The summed E-state index contributed by atoms with van der Waals surface area (Å²) < 4.78 is 15.4. The highest BCUT2D eigenvalue weighted by molar-refractivity contribution is 5.87. The molecule has 12 heteroatoms. The lowest BCUT2D eigenvalue weighted by Gasteiger charge is -2.15. The molecule has 4 aromatic rings. The van der Waals surface area contributed by atoms with Gasteiger partial charge in [-0.05, 0) is 34.4 Å². The van der Waals surface area contributed by atoms with Crippen LogP contribution < -0.4 is 20.5 Å². The van der Waals surface area contributed by atoms with Crippen LogP contribution in [0.4, 0.5) is 27.5 Å². The molecule has 0 heterocycles. The van der Waals surface area contributed by atoms with Crippen LogP contribution in [0.2, 0.25) is 0 Å². The van der Waals surface area contributed by atoms with Crippen molar-refractivity contribution in [1.82, 2.24) is 0 Å². The minimum atomic E-state index is -0.654. The molecule has 1 amide bonds. The summed E-state index contributed by atoms with van der Waals surface area (Å²) in [7, 11) is 2.79. The molecule has 210 valence electrons. The van der Waals surface area contributed by atoms with Crippen molar-refractivity contribution in [3.05, 3.63) is 116 Å². The van der Waals surface area contributed by atoms with Crippen molar-refractivity contribution in [2.24, 2.45) is 0 Å². The number of ether oxygens (including phenoxy) is 3. The minimum Gasteiger partial charge on any atom is -0.494 e. The van der Waals surface area contributed by atoms with Gasteiger partial charge in [0.05, 0.1) is 47.6 Å². The number of benzene rings is 4. The lowest BCUT2D eigenvalue weighted by Crippen LogP contribution is -2.18. The van der Waals surface area contributed by atoms with Crippen LogP contribution in [0, 0.1) is 20.2 Å². The smallest absolute Gasteiger partial charge is 0.411 e. The summed E-state index contributed by atoms with van der Waals surface area (Å²) in [5, 5.41) is 23.8. The Kier molecular flexibility index (Phi) is 8.63. The second-order valence-corrected chi connectivity index (χ2v) is 8.78. The summed E-state index contributed by atoms with van der Waals surface area (Å²) in [6.45, 7) is 0.176. The number of nitro benzene ring substituents is 2. The van der Waals surface area contributed by atoms with Crippen LogP contribution in [0.15, 0.2) is 84.9 Å². The van der Waals surface area contributed by atoms with E-state index in [9.17, 15) is 25.0 Å². The van der Waals surface area contributed by atoms with Crippen LogP contribution in [0.3, 0.4) is 0 Å². The summed E-state index contributed by atoms with van der Waals surface area (Å²) in [6.07, 6.45) is -0.654. The molecule has 1 aliphatic carbocycles. The summed E-state index contributed by atoms with van der Waals surface area (Å²) in [5.74, 6) is 0.462. The number of hydrogen-bond donors (Lipinski definition) is 2. The Bertz CT molecular complexity index is 1560. The van der Waals surface area contributed by atoms with Crippen molar-refractivity contribution in [3.63, 3.8) is 0 Å². The van der Waals surface area contributed by atoms with Gasteiger partial charge in [-0.3, -0.25) is 25.5 Å². The molecule has 0 radical (unpaired) electrons. The van der Waals surface area contributed by atoms with Gasteiger partial charge in [0.1, 0.15) is 18.1 Å². The number of anilines is 2. The van der Waals surface area contributed by atoms with Crippen molar-refractivity contribution in [2.75, 3.05) is 31.9 Å². The highest BCUT2D eigenvalue weighted by Gasteiger charge is 2.29. The summed E-state index contributed by atoms with van der Waals surface area (Å²) >= 11 is 0. The number of nitrogen functional groups attached to an aromatic ring is 1. The summed E-state index contributed by atoms with van der Waals surface area (Å²) in [4.78, 5) is 32.5. The molecule has 1 aliphatic rings. The van der Waals surface area contributed by atoms with Gasteiger partial charge < -0.3 is 19.9 Å². The molecule has 0 atom stereocenters. The number of non-ortho nitro benzene ring substituents is 2. The Morgan fingerprint density at radius 2 is 1.32 bits per heavy atom. The van der Waals surface area contributed by atoms with Gasteiger partial charge in [-0.15, -0.1) is 0 Å². The number of methoxy groups -OCH3 is 2. The largest absolute Gasteiger partial charge is 0.494 e. The van der Waals surface area contributed by atoms with E-state index in [1.807, 2.05) is 36.4 Å². The number of carbonyl (C=O) groups is 1. The number of nitrogens with zero attached hydrogens (tertiary/aromatic N) is 2. The molecule has 0 spiro atoms. The van der Waals surface area contributed by atoms with E-state index in [0.717, 1.165) is 22.3 Å². The van der Waals surface area contributed by atoms with E-state index >= 15 is 0 Å². The predicted octanol–water partition coefficient (Wildman–Crippen LogP) is 6.15. The molecule has 0 bridgehead atoms. The Labute approximate surface area is 234 Å². The number of rotatable bonds is 7. The molecule has 12 nitrogen and oxygen atoms in total. The number of nitrogens with two attached hydrogens (primary N) is 1. The van der Waals surface area contributed by atoms with E-state index in [4.69, 9.17) is 19.9 Å². The van der Waals surface area contributed by atoms with Gasteiger partial charge in [0, 0.05) is 18.1 Å². The van der Waals surface area contributed by atoms with E-state index in [2.05, 4.69) is 17.4 Å². The van der Waals surface area contributed by atoms with E-state index < -0.39 is 15.9 Å². The molecule has 0 fully saturated rings. The minimum absolute atomic E-state index is 0.0268. The monoisotopic (exact) mass is 558 g/mol. The van der Waals surface area contributed by atoms with Crippen LogP contribution in [0.25, 0.3) is 11.1 Å². The van der Waals surface area contributed by atoms with Crippen LogP contribution in [-0.4, -0.2) is 36.8 Å². The van der Waals surface area contributed by atoms with E-state index in [-0.39, 0.29) is 29.6 Å². The zero-order valence-corrected chi connectivity index (χ0v) is 22.1. The standard InChI is InChI=1S/C22H18N2O5.C7H8N2O3/c1-28-21-12-14(24(26)27)10-11-20(21)23-22(25)29-13-19-17-8-4-2-6-15(17)16-7-3-5-9-18(16)19;1-12-7-4-5(9(10)11)2-3-6(7)8/h2-12,19H,13H2,1H3,(H,23,25);2-4H,8H2,1H3. The first-order chi connectivity index (χ1) is 19.7. The molecule has 0 aromatic heterocycles. The maximum Gasteiger partial charge on any atom is 0.411 e. The maximum absolute atomic E-state index is 12.4. The van der Waals surface area contributed by atoms with E-state index in [1.165, 1.54) is 50.6 Å². The van der Waals surface area contributed by atoms with E-state index in [1.54, 1.807) is 0 Å². The molecule has 4 aromatic carbocycles. The molecular formula is C29H26N4O8. The van der Waals surface area contributed by atoms with Crippen LogP contribution in [0.1, 0.15) is 17.0 Å². The highest BCUT2D eigenvalue weighted by Crippen LogP contribution is 2.44. The van der Waals surface area contributed by atoms with Gasteiger partial charge in [0.15, 0.2) is 0 Å². The third-order valence-electron chi connectivity index (χ3n) is 6.40. The second kappa shape index (κ2) is 12.5. The highest BCUT2D eigenvalue weighted by atomic mass is 16.6.